The minimum atomic E-state index is -0.801. The minimum absolute atomic E-state index is 0.0679. The molecule has 0 heterocycles. The number of esters is 2. The van der Waals surface area contributed by atoms with E-state index in [1.165, 1.54) is 18.2 Å². The number of nitro groups is 1. The van der Waals surface area contributed by atoms with Crippen molar-refractivity contribution in [3.05, 3.63) is 60.5 Å². The zero-order valence-corrected chi connectivity index (χ0v) is 18.5. The lowest BCUT2D eigenvalue weighted by Gasteiger charge is -2.05. The highest BCUT2D eigenvalue weighted by Gasteiger charge is 2.23. The first-order valence-corrected chi connectivity index (χ1v) is 9.70. The minimum Gasteiger partial charge on any atom is -0.507 e. The van der Waals surface area contributed by atoms with Crippen LogP contribution in [0.3, 0.4) is 0 Å². The summed E-state index contributed by atoms with van der Waals surface area (Å²) >= 11 is 6.21. The second-order valence-electron chi connectivity index (χ2n) is 5.18. The first-order chi connectivity index (χ1) is 13.6. The SMILES string of the molecule is CCOC(=O)c1cc(Br)cc([N+](=O)[O-])c1O.CCOC(=O)c1cc(Br)ccc1O. The van der Waals surface area contributed by atoms with Crippen LogP contribution in [0.1, 0.15) is 34.6 Å². The molecule has 2 aromatic carbocycles. The summed E-state index contributed by atoms with van der Waals surface area (Å²) in [6, 6.07) is 6.99. The van der Waals surface area contributed by atoms with Gasteiger partial charge in [-0.2, -0.15) is 0 Å². The highest BCUT2D eigenvalue weighted by atomic mass is 79.9. The normalized spacial score (nSPS) is 9.79. The second-order valence-corrected chi connectivity index (χ2v) is 7.01. The molecule has 2 N–H and O–H groups in total. The van der Waals surface area contributed by atoms with Gasteiger partial charge in [-0.3, -0.25) is 10.1 Å². The van der Waals surface area contributed by atoms with Crippen molar-refractivity contribution in [2.75, 3.05) is 13.2 Å². The molecule has 11 heteroatoms. The molecule has 0 atom stereocenters. The van der Waals surface area contributed by atoms with E-state index in [9.17, 15) is 29.9 Å². The standard InChI is InChI=1S/C9H8BrNO5.C9H9BrO3/c1-2-16-9(13)6-3-5(10)4-7(8(6)12)11(14)15;1-2-13-9(12)7-5-6(10)3-4-8(7)11/h3-4,12H,2H2,1H3;3-5,11H,2H2,1H3. The lowest BCUT2D eigenvalue weighted by molar-refractivity contribution is -0.386. The molecule has 29 heavy (non-hydrogen) atoms. The van der Waals surface area contributed by atoms with E-state index in [0.29, 0.717) is 11.1 Å². The van der Waals surface area contributed by atoms with Crippen molar-refractivity contribution < 1.29 is 34.2 Å². The summed E-state index contributed by atoms with van der Waals surface area (Å²) in [5.41, 5.74) is -0.600. The Labute approximate surface area is 182 Å². The van der Waals surface area contributed by atoms with Crippen LogP contribution in [0, 0.1) is 10.1 Å². The summed E-state index contributed by atoms with van der Waals surface area (Å²) in [7, 11) is 0. The van der Waals surface area contributed by atoms with Gasteiger partial charge in [-0.05, 0) is 38.1 Å². The van der Waals surface area contributed by atoms with Crippen LogP contribution in [-0.2, 0) is 9.47 Å². The van der Waals surface area contributed by atoms with Crippen LogP contribution in [0.2, 0.25) is 0 Å². The Bertz CT molecular complexity index is 917. The third-order valence-corrected chi connectivity index (χ3v) is 4.15. The average molecular weight is 535 g/mol. The smallest absolute Gasteiger partial charge is 0.342 e. The molecule has 0 aliphatic rings. The van der Waals surface area contributed by atoms with Crippen molar-refractivity contribution in [3.8, 4) is 11.5 Å². The van der Waals surface area contributed by atoms with Gasteiger partial charge in [0.15, 0.2) is 0 Å². The van der Waals surface area contributed by atoms with Gasteiger partial charge >= 0.3 is 17.6 Å². The summed E-state index contributed by atoms with van der Waals surface area (Å²) < 4.78 is 10.4. The van der Waals surface area contributed by atoms with Crippen LogP contribution in [0.4, 0.5) is 5.69 Å². The third kappa shape index (κ3) is 7.02. The highest BCUT2D eigenvalue weighted by Crippen LogP contribution is 2.33. The topological polar surface area (TPSA) is 136 Å². The van der Waals surface area contributed by atoms with Crippen LogP contribution in [0.25, 0.3) is 0 Å². The maximum absolute atomic E-state index is 11.4. The van der Waals surface area contributed by atoms with Crippen LogP contribution in [0.15, 0.2) is 39.3 Å². The molecule has 2 rings (SSSR count). The van der Waals surface area contributed by atoms with Crippen LogP contribution >= 0.6 is 31.9 Å². The maximum Gasteiger partial charge on any atom is 0.342 e. The van der Waals surface area contributed by atoms with E-state index in [1.807, 2.05) is 0 Å². The number of ether oxygens (including phenoxy) is 2. The van der Waals surface area contributed by atoms with Gasteiger partial charge in [0, 0.05) is 15.0 Å². The number of halogens is 2. The fourth-order valence-corrected chi connectivity index (χ4v) is 2.78. The van der Waals surface area contributed by atoms with Gasteiger partial charge in [0.2, 0.25) is 5.75 Å². The lowest BCUT2D eigenvalue weighted by Crippen LogP contribution is -2.06. The number of hydrogen-bond acceptors (Lipinski definition) is 8. The summed E-state index contributed by atoms with van der Waals surface area (Å²) in [5, 5.41) is 29.4. The predicted molar refractivity (Wildman–Crippen MR) is 110 cm³/mol. The molecular weight excluding hydrogens is 518 g/mol. The van der Waals surface area contributed by atoms with E-state index in [2.05, 4.69) is 36.6 Å². The van der Waals surface area contributed by atoms with E-state index in [-0.39, 0.29) is 23.5 Å². The van der Waals surface area contributed by atoms with Gasteiger partial charge < -0.3 is 19.7 Å². The quantitative estimate of drug-likeness (QED) is 0.323. The van der Waals surface area contributed by atoms with Crippen molar-refractivity contribution in [2.24, 2.45) is 0 Å². The molecule has 0 fully saturated rings. The molecule has 2 aromatic rings. The molecule has 0 amide bonds. The molecule has 0 saturated carbocycles. The molecule has 0 spiro atoms. The van der Waals surface area contributed by atoms with Crippen molar-refractivity contribution in [2.45, 2.75) is 13.8 Å². The van der Waals surface area contributed by atoms with Gasteiger partial charge in [0.1, 0.15) is 16.9 Å². The Morgan fingerprint density at radius 1 is 0.966 bits per heavy atom. The van der Waals surface area contributed by atoms with Crippen LogP contribution in [-0.4, -0.2) is 40.3 Å². The van der Waals surface area contributed by atoms with E-state index in [1.54, 1.807) is 19.9 Å². The number of hydrogen-bond donors (Lipinski definition) is 2. The van der Waals surface area contributed by atoms with E-state index < -0.39 is 28.3 Å². The number of carbonyl (C=O) groups excluding carboxylic acids is 2. The van der Waals surface area contributed by atoms with Crippen molar-refractivity contribution in [1.29, 1.82) is 0 Å². The van der Waals surface area contributed by atoms with E-state index >= 15 is 0 Å². The van der Waals surface area contributed by atoms with E-state index in [0.717, 1.165) is 10.5 Å². The molecule has 0 saturated heterocycles. The molecule has 9 nitrogen and oxygen atoms in total. The molecular formula is C18H17Br2NO8. The number of aromatic hydroxyl groups is 2. The lowest BCUT2D eigenvalue weighted by atomic mass is 10.2. The third-order valence-electron chi connectivity index (χ3n) is 3.20. The van der Waals surface area contributed by atoms with Gasteiger partial charge in [0.25, 0.3) is 0 Å². The van der Waals surface area contributed by atoms with Gasteiger partial charge in [-0.25, -0.2) is 9.59 Å². The monoisotopic (exact) mass is 533 g/mol. The second kappa shape index (κ2) is 11.4. The number of benzene rings is 2. The molecule has 156 valence electrons. The summed E-state index contributed by atoms with van der Waals surface area (Å²) in [6.45, 7) is 3.73. The average Bonchev–Trinajstić information content (AvgIpc) is 2.66. The van der Waals surface area contributed by atoms with Gasteiger partial charge in [-0.1, -0.05) is 31.9 Å². The summed E-state index contributed by atoms with van der Waals surface area (Å²) in [5.74, 6) is -2.07. The molecule has 0 radical (unpaired) electrons. The zero-order chi connectivity index (χ0) is 22.1. The Balaban J connectivity index is 0.000000296. The van der Waals surface area contributed by atoms with Crippen molar-refractivity contribution >= 4 is 49.5 Å². The Kier molecular flexibility index (Phi) is 9.56. The number of phenolic OH excluding ortho intramolecular Hbond substituents is 2. The Morgan fingerprint density at radius 2 is 1.48 bits per heavy atom. The highest BCUT2D eigenvalue weighted by molar-refractivity contribution is 9.10. The van der Waals surface area contributed by atoms with Crippen LogP contribution < -0.4 is 0 Å². The first-order valence-electron chi connectivity index (χ1n) is 8.11. The zero-order valence-electron chi connectivity index (χ0n) is 15.3. The van der Waals surface area contributed by atoms with Gasteiger partial charge in [0.05, 0.1) is 18.1 Å². The fourth-order valence-electron chi connectivity index (χ4n) is 1.97. The van der Waals surface area contributed by atoms with Crippen LogP contribution in [0.5, 0.6) is 11.5 Å². The number of nitrogens with zero attached hydrogens (tertiary/aromatic N) is 1. The Hall–Kier alpha value is -2.66. The van der Waals surface area contributed by atoms with Crippen molar-refractivity contribution in [3.63, 3.8) is 0 Å². The first kappa shape index (κ1) is 24.4. The number of carbonyl (C=O) groups is 2. The maximum atomic E-state index is 11.4. The molecule has 0 aliphatic heterocycles. The predicted octanol–water partition coefficient (Wildman–Crippen LogP) is 4.57. The molecule has 0 aliphatic carbocycles. The summed E-state index contributed by atoms with van der Waals surface area (Å²) in [6.07, 6.45) is 0. The fraction of sp³-hybridized carbons (Fsp3) is 0.222. The summed E-state index contributed by atoms with van der Waals surface area (Å²) in [4.78, 5) is 32.4. The molecule has 0 unspecified atom stereocenters. The molecule has 0 bridgehead atoms. The Morgan fingerprint density at radius 3 is 2.00 bits per heavy atom. The molecule has 0 aromatic heterocycles. The van der Waals surface area contributed by atoms with Crippen molar-refractivity contribution in [1.82, 2.24) is 0 Å². The largest absolute Gasteiger partial charge is 0.507 e. The number of rotatable bonds is 5. The number of nitro benzene ring substituents is 1. The van der Waals surface area contributed by atoms with Gasteiger partial charge in [-0.15, -0.1) is 0 Å². The number of phenols is 2. The van der Waals surface area contributed by atoms with E-state index in [4.69, 9.17) is 4.74 Å².